The van der Waals surface area contributed by atoms with Crippen molar-refractivity contribution < 1.29 is 9.21 Å². The van der Waals surface area contributed by atoms with E-state index in [0.717, 1.165) is 45.0 Å². The van der Waals surface area contributed by atoms with Crippen LogP contribution in [0.3, 0.4) is 0 Å². The van der Waals surface area contributed by atoms with Gasteiger partial charge >= 0.3 is 0 Å². The van der Waals surface area contributed by atoms with Gasteiger partial charge in [-0.05, 0) is 38.1 Å². The average molecular weight is 328 g/mol. The van der Waals surface area contributed by atoms with Crippen molar-refractivity contribution in [1.29, 1.82) is 0 Å². The van der Waals surface area contributed by atoms with Gasteiger partial charge < -0.3 is 9.32 Å². The molecule has 0 aromatic carbocycles. The number of furan rings is 1. The summed E-state index contributed by atoms with van der Waals surface area (Å²) in [6.45, 7) is 9.29. The fourth-order valence-corrected chi connectivity index (χ4v) is 2.97. The molecule has 0 atom stereocenters. The number of carbonyl (C=O) groups excluding carboxylic acids is 1. The highest BCUT2D eigenvalue weighted by molar-refractivity contribution is 5.91. The van der Waals surface area contributed by atoms with Crippen molar-refractivity contribution in [3.63, 3.8) is 0 Å². The molecular formula is C18H24N4O2. The van der Waals surface area contributed by atoms with Crippen LogP contribution in [0.4, 0.5) is 0 Å². The van der Waals surface area contributed by atoms with Gasteiger partial charge in [0.15, 0.2) is 0 Å². The van der Waals surface area contributed by atoms with Gasteiger partial charge in [0.1, 0.15) is 5.76 Å². The summed E-state index contributed by atoms with van der Waals surface area (Å²) in [7, 11) is 0. The topological polar surface area (TPSA) is 54.5 Å². The fraction of sp³-hybridized carbons (Fsp3) is 0.444. The monoisotopic (exact) mass is 328 g/mol. The Labute approximate surface area is 142 Å². The molecule has 24 heavy (non-hydrogen) atoms. The summed E-state index contributed by atoms with van der Waals surface area (Å²) in [6.07, 6.45) is 4.91. The highest BCUT2D eigenvalue weighted by atomic mass is 16.3. The first-order chi connectivity index (χ1) is 11.6. The third kappa shape index (κ3) is 4.14. The van der Waals surface area contributed by atoms with Crippen LogP contribution < -0.4 is 0 Å². The van der Waals surface area contributed by atoms with Gasteiger partial charge in [0, 0.05) is 44.5 Å². The van der Waals surface area contributed by atoms with Gasteiger partial charge in [-0.3, -0.25) is 14.4 Å². The Morgan fingerprint density at radius 1 is 1.25 bits per heavy atom. The maximum Gasteiger partial charge on any atom is 0.246 e. The van der Waals surface area contributed by atoms with Crippen molar-refractivity contribution in [2.45, 2.75) is 20.4 Å². The molecule has 2 aromatic heterocycles. The summed E-state index contributed by atoms with van der Waals surface area (Å²) < 4.78 is 7.25. The molecule has 1 aliphatic rings. The number of hydrogen-bond donors (Lipinski definition) is 0. The summed E-state index contributed by atoms with van der Waals surface area (Å²) in [5.74, 6) is 0.747. The molecule has 1 saturated heterocycles. The van der Waals surface area contributed by atoms with E-state index in [9.17, 15) is 4.79 Å². The number of nitrogens with zero attached hydrogens (tertiary/aromatic N) is 4. The lowest BCUT2D eigenvalue weighted by Gasteiger charge is -2.34. The molecule has 0 aliphatic carbocycles. The van der Waals surface area contributed by atoms with Crippen LogP contribution in [0.5, 0.6) is 0 Å². The van der Waals surface area contributed by atoms with Gasteiger partial charge in [-0.25, -0.2) is 0 Å². The normalized spacial score (nSPS) is 16.2. The van der Waals surface area contributed by atoms with Crippen molar-refractivity contribution in [3.8, 4) is 0 Å². The third-order valence-corrected chi connectivity index (χ3v) is 4.35. The summed E-state index contributed by atoms with van der Waals surface area (Å²) in [5.41, 5.74) is 2.26. The van der Waals surface area contributed by atoms with E-state index < -0.39 is 0 Å². The minimum Gasteiger partial charge on any atom is -0.465 e. The van der Waals surface area contributed by atoms with E-state index >= 15 is 0 Å². The number of piperazine rings is 1. The molecule has 1 amide bonds. The van der Waals surface area contributed by atoms with Crippen molar-refractivity contribution >= 4 is 12.0 Å². The third-order valence-electron chi connectivity index (χ3n) is 4.35. The highest BCUT2D eigenvalue weighted by Gasteiger charge is 2.19. The van der Waals surface area contributed by atoms with Crippen LogP contribution in [0.1, 0.15) is 17.1 Å². The van der Waals surface area contributed by atoms with Crippen LogP contribution in [-0.2, 0) is 11.3 Å². The van der Waals surface area contributed by atoms with Crippen LogP contribution in [0.2, 0.25) is 0 Å². The average Bonchev–Trinajstić information content (AvgIpc) is 3.20. The molecule has 1 fully saturated rings. The van der Waals surface area contributed by atoms with E-state index in [1.807, 2.05) is 24.0 Å². The van der Waals surface area contributed by atoms with E-state index in [1.54, 1.807) is 18.4 Å². The SMILES string of the molecule is Cc1cc(C)n(CCN2CCN(C(=O)/C=C/c3ccco3)CC2)n1. The lowest BCUT2D eigenvalue weighted by Crippen LogP contribution is -2.48. The molecule has 6 heteroatoms. The predicted molar refractivity (Wildman–Crippen MR) is 92.5 cm³/mol. The molecule has 0 radical (unpaired) electrons. The van der Waals surface area contributed by atoms with Crippen LogP contribution in [0, 0.1) is 13.8 Å². The van der Waals surface area contributed by atoms with Gasteiger partial charge in [0.05, 0.1) is 18.5 Å². The quantitative estimate of drug-likeness (QED) is 0.787. The Kier molecular flexibility index (Phi) is 5.15. The number of rotatable bonds is 5. The van der Waals surface area contributed by atoms with E-state index in [1.165, 1.54) is 5.69 Å². The largest absolute Gasteiger partial charge is 0.465 e. The van der Waals surface area contributed by atoms with Crippen LogP contribution in [0.25, 0.3) is 6.08 Å². The zero-order chi connectivity index (χ0) is 16.9. The molecule has 6 nitrogen and oxygen atoms in total. The standard InChI is InChI=1S/C18H24N4O2/c1-15-14-16(2)22(19-15)12-9-20-7-10-21(11-8-20)18(23)6-5-17-4-3-13-24-17/h3-6,13-14H,7-12H2,1-2H3/b6-5+. The second-order valence-electron chi connectivity index (χ2n) is 6.17. The molecule has 0 N–H and O–H groups in total. The Hall–Kier alpha value is -2.34. The van der Waals surface area contributed by atoms with E-state index in [2.05, 4.69) is 27.7 Å². The van der Waals surface area contributed by atoms with E-state index in [0.29, 0.717) is 5.76 Å². The van der Waals surface area contributed by atoms with Gasteiger partial charge in [-0.15, -0.1) is 0 Å². The second-order valence-corrected chi connectivity index (χ2v) is 6.17. The first-order valence-electron chi connectivity index (χ1n) is 8.36. The minimum absolute atomic E-state index is 0.0459. The molecule has 0 bridgehead atoms. The number of amides is 1. The summed E-state index contributed by atoms with van der Waals surface area (Å²) in [5, 5.41) is 4.49. The number of aromatic nitrogens is 2. The van der Waals surface area contributed by atoms with Gasteiger partial charge in [-0.2, -0.15) is 5.10 Å². The number of hydrogen-bond acceptors (Lipinski definition) is 4. The Morgan fingerprint density at radius 2 is 2.04 bits per heavy atom. The van der Waals surface area contributed by atoms with Crippen molar-refractivity contribution in [1.82, 2.24) is 19.6 Å². The highest BCUT2D eigenvalue weighted by Crippen LogP contribution is 2.07. The molecule has 128 valence electrons. The Bertz CT molecular complexity index is 695. The summed E-state index contributed by atoms with van der Waals surface area (Å²) in [6, 6.07) is 5.74. The summed E-state index contributed by atoms with van der Waals surface area (Å²) in [4.78, 5) is 16.5. The molecular weight excluding hydrogens is 304 g/mol. The first kappa shape index (κ1) is 16.5. The smallest absolute Gasteiger partial charge is 0.246 e. The molecule has 2 aromatic rings. The van der Waals surface area contributed by atoms with Crippen LogP contribution in [0.15, 0.2) is 35.0 Å². The van der Waals surface area contributed by atoms with E-state index in [-0.39, 0.29) is 5.91 Å². The lowest BCUT2D eigenvalue weighted by atomic mass is 10.3. The van der Waals surface area contributed by atoms with Crippen molar-refractivity contribution in [2.75, 3.05) is 32.7 Å². The van der Waals surface area contributed by atoms with Gasteiger partial charge in [0.2, 0.25) is 5.91 Å². The maximum absolute atomic E-state index is 12.2. The molecule has 3 rings (SSSR count). The van der Waals surface area contributed by atoms with E-state index in [4.69, 9.17) is 4.42 Å². The van der Waals surface area contributed by atoms with Crippen LogP contribution >= 0.6 is 0 Å². The van der Waals surface area contributed by atoms with Crippen molar-refractivity contribution in [3.05, 3.63) is 47.7 Å². The molecule has 1 aliphatic heterocycles. The van der Waals surface area contributed by atoms with Crippen LogP contribution in [-0.4, -0.2) is 58.2 Å². The maximum atomic E-state index is 12.2. The Balaban J connectivity index is 1.43. The van der Waals surface area contributed by atoms with Crippen molar-refractivity contribution in [2.24, 2.45) is 0 Å². The molecule has 3 heterocycles. The molecule has 0 unspecified atom stereocenters. The summed E-state index contributed by atoms with van der Waals surface area (Å²) >= 11 is 0. The fourth-order valence-electron chi connectivity index (χ4n) is 2.97. The minimum atomic E-state index is 0.0459. The predicted octanol–water partition coefficient (Wildman–Crippen LogP) is 1.95. The number of carbonyl (C=O) groups is 1. The number of aryl methyl sites for hydroxylation is 2. The Morgan fingerprint density at radius 3 is 2.67 bits per heavy atom. The lowest BCUT2D eigenvalue weighted by molar-refractivity contribution is -0.127. The molecule has 0 spiro atoms. The first-order valence-corrected chi connectivity index (χ1v) is 8.36. The zero-order valence-electron chi connectivity index (χ0n) is 14.3. The van der Waals surface area contributed by atoms with Gasteiger partial charge in [-0.1, -0.05) is 0 Å². The zero-order valence-corrected chi connectivity index (χ0v) is 14.3. The van der Waals surface area contributed by atoms with Gasteiger partial charge in [0.25, 0.3) is 0 Å². The second kappa shape index (κ2) is 7.49. The molecule has 0 saturated carbocycles.